The average molecular weight is 438 g/mol. The molecule has 1 heterocycles. The number of nitrogens with one attached hydrogen (secondary N) is 1. The SMILES string of the molecule is CN1C(=O)[C@H](NC(=O)c2cc(Cl)cc(Cl)c2)N=C(c2ccccc2)c2ccccc21. The van der Waals surface area contributed by atoms with Crippen LogP contribution in [0.3, 0.4) is 0 Å². The number of halogens is 2. The third-order valence-corrected chi connectivity index (χ3v) is 5.22. The van der Waals surface area contributed by atoms with Crippen molar-refractivity contribution in [3.63, 3.8) is 0 Å². The Morgan fingerprint density at radius 1 is 0.967 bits per heavy atom. The fraction of sp³-hybridized carbons (Fsp3) is 0.0870. The number of benzene rings is 3. The van der Waals surface area contributed by atoms with Crippen LogP contribution in [-0.2, 0) is 4.79 Å². The van der Waals surface area contributed by atoms with Gasteiger partial charge in [0.25, 0.3) is 11.8 Å². The van der Waals surface area contributed by atoms with Crippen molar-refractivity contribution >= 4 is 46.4 Å². The summed E-state index contributed by atoms with van der Waals surface area (Å²) in [6, 6.07) is 21.6. The summed E-state index contributed by atoms with van der Waals surface area (Å²) < 4.78 is 0. The number of carbonyl (C=O) groups excluding carboxylic acids is 2. The zero-order valence-corrected chi connectivity index (χ0v) is 17.5. The second-order valence-electron chi connectivity index (χ2n) is 6.79. The van der Waals surface area contributed by atoms with Crippen LogP contribution >= 0.6 is 23.2 Å². The van der Waals surface area contributed by atoms with Crippen molar-refractivity contribution in [3.05, 3.63) is 99.5 Å². The largest absolute Gasteiger partial charge is 0.322 e. The Hall–Kier alpha value is -3.15. The fourth-order valence-electron chi connectivity index (χ4n) is 3.33. The molecule has 0 spiro atoms. The molecule has 0 unspecified atom stereocenters. The van der Waals surface area contributed by atoms with Crippen molar-refractivity contribution < 1.29 is 9.59 Å². The third-order valence-electron chi connectivity index (χ3n) is 4.78. The molecule has 0 aliphatic carbocycles. The number of benzodiazepines with no additional fused rings is 1. The summed E-state index contributed by atoms with van der Waals surface area (Å²) in [6.07, 6.45) is -1.11. The molecule has 2 amide bonds. The molecule has 3 aromatic rings. The van der Waals surface area contributed by atoms with Crippen molar-refractivity contribution in [2.24, 2.45) is 4.99 Å². The molecular weight excluding hydrogens is 421 g/mol. The third kappa shape index (κ3) is 3.95. The van der Waals surface area contributed by atoms with Gasteiger partial charge in [-0.15, -0.1) is 0 Å². The van der Waals surface area contributed by atoms with Crippen molar-refractivity contribution in [2.45, 2.75) is 6.17 Å². The van der Waals surface area contributed by atoms with E-state index in [1.165, 1.54) is 23.1 Å². The Labute approximate surface area is 183 Å². The normalized spacial score (nSPS) is 15.8. The summed E-state index contributed by atoms with van der Waals surface area (Å²) >= 11 is 12.0. The Morgan fingerprint density at radius 3 is 2.30 bits per heavy atom. The smallest absolute Gasteiger partial charge is 0.272 e. The molecule has 4 rings (SSSR count). The standard InChI is InChI=1S/C23H17Cl2N3O2/c1-28-19-10-6-5-9-18(19)20(14-7-3-2-4-8-14)26-21(23(28)30)27-22(29)15-11-16(24)13-17(25)12-15/h2-13,21H,1H3,(H,27,29)/t21-/m0/s1. The Balaban J connectivity index is 1.78. The summed E-state index contributed by atoms with van der Waals surface area (Å²) in [6.45, 7) is 0. The molecule has 1 atom stereocenters. The van der Waals surface area contributed by atoms with E-state index in [0.717, 1.165) is 11.1 Å². The summed E-state index contributed by atoms with van der Waals surface area (Å²) in [5, 5.41) is 3.37. The van der Waals surface area contributed by atoms with Gasteiger partial charge in [-0.05, 0) is 24.3 Å². The molecule has 0 fully saturated rings. The minimum absolute atomic E-state index is 0.251. The maximum Gasteiger partial charge on any atom is 0.272 e. The van der Waals surface area contributed by atoms with Gasteiger partial charge in [-0.3, -0.25) is 9.59 Å². The highest BCUT2D eigenvalue weighted by atomic mass is 35.5. The first kappa shape index (κ1) is 20.1. The molecular formula is C23H17Cl2N3O2. The van der Waals surface area contributed by atoms with Gasteiger partial charge >= 0.3 is 0 Å². The van der Waals surface area contributed by atoms with Crippen molar-refractivity contribution in [2.75, 3.05) is 11.9 Å². The number of amides is 2. The molecule has 3 aromatic carbocycles. The van der Waals surface area contributed by atoms with Crippen LogP contribution < -0.4 is 10.2 Å². The molecule has 0 saturated carbocycles. The molecule has 1 aliphatic heterocycles. The molecule has 150 valence electrons. The highest BCUT2D eigenvalue weighted by Gasteiger charge is 2.31. The van der Waals surface area contributed by atoms with Crippen LogP contribution in [0, 0.1) is 0 Å². The predicted molar refractivity (Wildman–Crippen MR) is 120 cm³/mol. The number of para-hydroxylation sites is 1. The van der Waals surface area contributed by atoms with Gasteiger partial charge in [0.2, 0.25) is 6.17 Å². The average Bonchev–Trinajstić information content (AvgIpc) is 2.84. The van der Waals surface area contributed by atoms with Gasteiger partial charge in [0.1, 0.15) is 0 Å². The van der Waals surface area contributed by atoms with E-state index < -0.39 is 12.1 Å². The number of rotatable bonds is 3. The van der Waals surface area contributed by atoms with Crippen LogP contribution in [0.5, 0.6) is 0 Å². The topological polar surface area (TPSA) is 61.8 Å². The van der Waals surface area contributed by atoms with Crippen LogP contribution in [0.1, 0.15) is 21.5 Å². The van der Waals surface area contributed by atoms with Gasteiger partial charge in [-0.2, -0.15) is 0 Å². The van der Waals surface area contributed by atoms with Gasteiger partial charge in [0, 0.05) is 33.8 Å². The van der Waals surface area contributed by atoms with E-state index in [9.17, 15) is 9.59 Å². The second kappa shape index (κ2) is 8.30. The predicted octanol–water partition coefficient (Wildman–Crippen LogP) is 4.56. The maximum atomic E-state index is 13.1. The lowest BCUT2D eigenvalue weighted by Crippen LogP contribution is -2.46. The number of carbonyl (C=O) groups is 2. The number of anilines is 1. The monoisotopic (exact) mass is 437 g/mol. The Morgan fingerprint density at radius 2 is 1.60 bits per heavy atom. The van der Waals surface area contributed by atoms with E-state index in [1.807, 2.05) is 54.6 Å². The molecule has 0 saturated heterocycles. The van der Waals surface area contributed by atoms with Gasteiger partial charge in [0.05, 0.1) is 11.4 Å². The lowest BCUT2D eigenvalue weighted by atomic mass is 10.0. The molecule has 7 heteroatoms. The molecule has 30 heavy (non-hydrogen) atoms. The number of fused-ring (bicyclic) bond motifs is 1. The minimum atomic E-state index is -1.11. The molecule has 1 N–H and O–H groups in total. The Bertz CT molecular complexity index is 1140. The number of hydrogen-bond acceptors (Lipinski definition) is 3. The second-order valence-corrected chi connectivity index (χ2v) is 7.67. The zero-order chi connectivity index (χ0) is 21.3. The van der Waals surface area contributed by atoms with Gasteiger partial charge in [-0.1, -0.05) is 71.7 Å². The van der Waals surface area contributed by atoms with E-state index in [4.69, 9.17) is 23.2 Å². The first-order chi connectivity index (χ1) is 14.4. The van der Waals surface area contributed by atoms with Crippen LogP contribution in [-0.4, -0.2) is 30.7 Å². The van der Waals surface area contributed by atoms with Gasteiger partial charge < -0.3 is 10.2 Å². The first-order valence-electron chi connectivity index (χ1n) is 9.21. The fourth-order valence-corrected chi connectivity index (χ4v) is 3.86. The van der Waals surface area contributed by atoms with Crippen molar-refractivity contribution in [1.82, 2.24) is 5.32 Å². The van der Waals surface area contributed by atoms with E-state index in [0.29, 0.717) is 21.4 Å². The highest BCUT2D eigenvalue weighted by molar-refractivity contribution is 6.35. The maximum absolute atomic E-state index is 13.1. The van der Waals surface area contributed by atoms with Crippen LogP contribution in [0.2, 0.25) is 10.0 Å². The zero-order valence-electron chi connectivity index (χ0n) is 16.0. The van der Waals surface area contributed by atoms with Gasteiger partial charge in [0.15, 0.2) is 0 Å². The molecule has 0 radical (unpaired) electrons. The Kier molecular flexibility index (Phi) is 5.57. The quantitative estimate of drug-likeness (QED) is 0.652. The minimum Gasteiger partial charge on any atom is -0.322 e. The lowest BCUT2D eigenvalue weighted by molar-refractivity contribution is -0.119. The van der Waals surface area contributed by atoms with E-state index in [1.54, 1.807) is 7.05 Å². The van der Waals surface area contributed by atoms with Crippen LogP contribution in [0.25, 0.3) is 0 Å². The molecule has 0 bridgehead atoms. The molecule has 1 aliphatic rings. The number of nitrogens with zero attached hydrogens (tertiary/aromatic N) is 2. The molecule has 5 nitrogen and oxygen atoms in total. The van der Waals surface area contributed by atoms with Crippen LogP contribution in [0.15, 0.2) is 77.8 Å². The van der Waals surface area contributed by atoms with Crippen LogP contribution in [0.4, 0.5) is 5.69 Å². The summed E-state index contributed by atoms with van der Waals surface area (Å²) in [7, 11) is 1.67. The first-order valence-corrected chi connectivity index (χ1v) is 9.97. The number of likely N-dealkylation sites (N-methyl/N-ethyl adjacent to an activating group) is 1. The summed E-state index contributed by atoms with van der Waals surface area (Å²) in [5.41, 5.74) is 3.24. The summed E-state index contributed by atoms with van der Waals surface area (Å²) in [5.74, 6) is -0.844. The summed E-state index contributed by atoms with van der Waals surface area (Å²) in [4.78, 5) is 32.1. The highest BCUT2D eigenvalue weighted by Crippen LogP contribution is 2.27. The van der Waals surface area contributed by atoms with Crippen molar-refractivity contribution in [3.8, 4) is 0 Å². The van der Waals surface area contributed by atoms with E-state index in [2.05, 4.69) is 10.3 Å². The lowest BCUT2D eigenvalue weighted by Gasteiger charge is -2.21. The van der Waals surface area contributed by atoms with Gasteiger partial charge in [-0.25, -0.2) is 4.99 Å². The number of hydrogen-bond donors (Lipinski definition) is 1. The van der Waals surface area contributed by atoms with Crippen molar-refractivity contribution in [1.29, 1.82) is 0 Å². The van der Waals surface area contributed by atoms with E-state index in [-0.39, 0.29) is 11.5 Å². The molecule has 0 aromatic heterocycles. The van der Waals surface area contributed by atoms with E-state index >= 15 is 0 Å². The number of aliphatic imine (C=N–C) groups is 1.